The maximum Gasteiger partial charge on any atom is 0.349 e. The fourth-order valence-electron chi connectivity index (χ4n) is 3.99. The molecular weight excluding hydrogens is 378 g/mol. The van der Waals surface area contributed by atoms with Crippen LogP contribution in [0.5, 0.6) is 0 Å². The first-order valence-corrected chi connectivity index (χ1v) is 10.4. The molecule has 3 heterocycles. The molecule has 1 fully saturated rings. The maximum atomic E-state index is 12.2. The lowest BCUT2D eigenvalue weighted by molar-refractivity contribution is 0.249. The Morgan fingerprint density at radius 1 is 1.07 bits per heavy atom. The van der Waals surface area contributed by atoms with Gasteiger partial charge in [-0.2, -0.15) is 4.98 Å². The van der Waals surface area contributed by atoms with Gasteiger partial charge in [0.2, 0.25) is 5.95 Å². The van der Waals surface area contributed by atoms with Crippen LogP contribution in [0.3, 0.4) is 0 Å². The van der Waals surface area contributed by atoms with Crippen molar-refractivity contribution in [2.24, 2.45) is 0 Å². The van der Waals surface area contributed by atoms with Crippen LogP contribution < -0.4 is 15.9 Å². The lowest BCUT2D eigenvalue weighted by Gasteiger charge is -2.36. The van der Waals surface area contributed by atoms with Crippen LogP contribution in [0.2, 0.25) is 0 Å². The molecule has 0 bridgehead atoms. The number of fused-ring (bicyclic) bond motifs is 1. The van der Waals surface area contributed by atoms with Crippen LogP contribution in [0.4, 0.5) is 17.3 Å². The topological polar surface area (TPSA) is 79.2 Å². The van der Waals surface area contributed by atoms with Crippen molar-refractivity contribution in [3.8, 4) is 0 Å². The zero-order valence-corrected chi connectivity index (χ0v) is 18.0. The van der Waals surface area contributed by atoms with Crippen molar-refractivity contribution >= 4 is 28.4 Å². The normalized spacial score (nSPS) is 15.3. The standard InChI is InChI=1S/C22H29N7O/c1-15(2)29-20-16(14-24-22(29)30)13-23-21(26-20)25-17-5-7-19(8-6-17)28-11-9-18(10-12-28)27(3)4/h5-8,13-15,18H,9-12H2,1-4H3,(H,23,25,26). The number of aromatic nitrogens is 4. The maximum absolute atomic E-state index is 12.2. The van der Waals surface area contributed by atoms with E-state index < -0.39 is 0 Å². The summed E-state index contributed by atoms with van der Waals surface area (Å²) in [5.41, 5.74) is 2.43. The molecule has 0 radical (unpaired) electrons. The molecule has 4 rings (SSSR count). The molecule has 1 aliphatic rings. The number of anilines is 3. The lowest BCUT2D eigenvalue weighted by Crippen LogP contribution is -2.41. The Morgan fingerprint density at radius 2 is 1.73 bits per heavy atom. The third-order valence-electron chi connectivity index (χ3n) is 5.74. The highest BCUT2D eigenvalue weighted by Gasteiger charge is 2.20. The number of nitrogens with zero attached hydrogens (tertiary/aromatic N) is 6. The highest BCUT2D eigenvalue weighted by molar-refractivity contribution is 5.75. The molecule has 30 heavy (non-hydrogen) atoms. The Morgan fingerprint density at radius 3 is 2.37 bits per heavy atom. The van der Waals surface area contributed by atoms with Crippen molar-refractivity contribution < 1.29 is 0 Å². The minimum absolute atomic E-state index is 0.0348. The summed E-state index contributed by atoms with van der Waals surface area (Å²) in [6.07, 6.45) is 5.59. The van der Waals surface area contributed by atoms with Gasteiger partial charge in [0.1, 0.15) is 0 Å². The van der Waals surface area contributed by atoms with Crippen LogP contribution in [-0.2, 0) is 0 Å². The number of benzene rings is 1. The van der Waals surface area contributed by atoms with Crippen molar-refractivity contribution in [2.45, 2.75) is 38.8 Å². The second kappa shape index (κ2) is 8.39. The summed E-state index contributed by atoms with van der Waals surface area (Å²) >= 11 is 0. The number of rotatable bonds is 5. The lowest BCUT2D eigenvalue weighted by atomic mass is 10.0. The van der Waals surface area contributed by atoms with Gasteiger partial charge < -0.3 is 15.1 Å². The minimum Gasteiger partial charge on any atom is -0.371 e. The van der Waals surface area contributed by atoms with Gasteiger partial charge in [-0.1, -0.05) is 0 Å². The first kappa shape index (κ1) is 20.3. The van der Waals surface area contributed by atoms with E-state index in [1.165, 1.54) is 24.7 Å². The molecule has 1 saturated heterocycles. The van der Waals surface area contributed by atoms with Crippen LogP contribution >= 0.6 is 0 Å². The molecule has 0 aliphatic carbocycles. The van der Waals surface area contributed by atoms with Crippen LogP contribution in [-0.4, -0.2) is 57.6 Å². The molecule has 2 aromatic heterocycles. The number of hydrogen-bond acceptors (Lipinski definition) is 7. The molecule has 0 atom stereocenters. The van der Waals surface area contributed by atoms with E-state index in [1.807, 2.05) is 26.0 Å². The van der Waals surface area contributed by atoms with Crippen molar-refractivity contribution in [1.82, 2.24) is 24.4 Å². The van der Waals surface area contributed by atoms with Gasteiger partial charge >= 0.3 is 5.69 Å². The second-order valence-electron chi connectivity index (χ2n) is 8.33. The molecule has 0 spiro atoms. The predicted molar refractivity (Wildman–Crippen MR) is 121 cm³/mol. The van der Waals surface area contributed by atoms with Crippen LogP contribution in [0.15, 0.2) is 41.5 Å². The van der Waals surface area contributed by atoms with E-state index >= 15 is 0 Å². The van der Waals surface area contributed by atoms with E-state index in [4.69, 9.17) is 0 Å². The summed E-state index contributed by atoms with van der Waals surface area (Å²) < 4.78 is 1.59. The van der Waals surface area contributed by atoms with Crippen LogP contribution in [0.25, 0.3) is 11.0 Å². The van der Waals surface area contributed by atoms with E-state index in [2.05, 4.69) is 56.3 Å². The Hall–Kier alpha value is -3.00. The molecule has 3 aromatic rings. The van der Waals surface area contributed by atoms with Gasteiger partial charge in [-0.15, -0.1) is 0 Å². The van der Waals surface area contributed by atoms with Crippen molar-refractivity contribution in [3.05, 3.63) is 47.1 Å². The molecule has 0 saturated carbocycles. The SMILES string of the molecule is CC(C)n1c(=O)ncc2cnc(Nc3ccc(N4CCC(N(C)C)CC4)cc3)nc21. The van der Waals surface area contributed by atoms with Gasteiger partial charge in [-0.3, -0.25) is 4.57 Å². The van der Waals surface area contributed by atoms with Gasteiger partial charge in [0.05, 0.1) is 5.39 Å². The first-order valence-electron chi connectivity index (χ1n) is 10.4. The Bertz CT molecular complexity index is 1070. The Balaban J connectivity index is 1.50. The largest absolute Gasteiger partial charge is 0.371 e. The van der Waals surface area contributed by atoms with E-state index in [9.17, 15) is 4.79 Å². The second-order valence-corrected chi connectivity index (χ2v) is 8.33. The van der Waals surface area contributed by atoms with Gasteiger partial charge in [-0.25, -0.2) is 14.8 Å². The predicted octanol–water partition coefficient (Wildman–Crippen LogP) is 3.04. The van der Waals surface area contributed by atoms with E-state index in [1.54, 1.807) is 10.8 Å². The average molecular weight is 408 g/mol. The Labute approximate surface area is 176 Å². The van der Waals surface area contributed by atoms with E-state index in [-0.39, 0.29) is 11.7 Å². The molecule has 1 N–H and O–H groups in total. The van der Waals surface area contributed by atoms with Gasteiger partial charge in [0.15, 0.2) is 5.65 Å². The number of piperidine rings is 1. The summed E-state index contributed by atoms with van der Waals surface area (Å²) in [5, 5.41) is 3.99. The molecule has 1 aliphatic heterocycles. The number of nitrogens with one attached hydrogen (secondary N) is 1. The Kier molecular flexibility index (Phi) is 5.67. The van der Waals surface area contributed by atoms with E-state index in [0.717, 1.165) is 24.2 Å². The first-order chi connectivity index (χ1) is 14.4. The summed E-state index contributed by atoms with van der Waals surface area (Å²) in [6, 6.07) is 8.99. The quantitative estimate of drug-likeness (QED) is 0.696. The van der Waals surface area contributed by atoms with Crippen molar-refractivity contribution in [3.63, 3.8) is 0 Å². The van der Waals surface area contributed by atoms with Gasteiger partial charge in [0, 0.05) is 48.9 Å². The third-order valence-corrected chi connectivity index (χ3v) is 5.74. The van der Waals surface area contributed by atoms with Crippen molar-refractivity contribution in [2.75, 3.05) is 37.4 Å². The molecule has 0 amide bonds. The smallest absolute Gasteiger partial charge is 0.349 e. The highest BCUT2D eigenvalue weighted by atomic mass is 16.1. The summed E-state index contributed by atoms with van der Waals surface area (Å²) in [4.78, 5) is 29.8. The fraction of sp³-hybridized carbons (Fsp3) is 0.455. The monoisotopic (exact) mass is 407 g/mol. The third kappa shape index (κ3) is 4.14. The van der Waals surface area contributed by atoms with Gasteiger partial charge in [-0.05, 0) is 65.0 Å². The molecule has 8 nitrogen and oxygen atoms in total. The van der Waals surface area contributed by atoms with Crippen molar-refractivity contribution in [1.29, 1.82) is 0 Å². The summed E-state index contributed by atoms with van der Waals surface area (Å²) in [7, 11) is 4.32. The molecule has 158 valence electrons. The average Bonchev–Trinajstić information content (AvgIpc) is 2.74. The molecule has 0 unspecified atom stereocenters. The summed E-state index contributed by atoms with van der Waals surface area (Å²) in [5.74, 6) is 0.460. The number of hydrogen-bond donors (Lipinski definition) is 1. The summed E-state index contributed by atoms with van der Waals surface area (Å²) in [6.45, 7) is 6.03. The highest BCUT2D eigenvalue weighted by Crippen LogP contribution is 2.24. The molecule has 8 heteroatoms. The van der Waals surface area contributed by atoms with Crippen LogP contribution in [0, 0.1) is 0 Å². The van der Waals surface area contributed by atoms with Gasteiger partial charge in [0.25, 0.3) is 0 Å². The van der Waals surface area contributed by atoms with E-state index in [0.29, 0.717) is 17.6 Å². The zero-order chi connectivity index (χ0) is 21.3. The molecular formula is C22H29N7O. The molecule has 1 aromatic carbocycles. The zero-order valence-electron chi connectivity index (χ0n) is 18.0. The fourth-order valence-corrected chi connectivity index (χ4v) is 3.99. The minimum atomic E-state index is -0.301. The van der Waals surface area contributed by atoms with Crippen LogP contribution in [0.1, 0.15) is 32.7 Å².